The van der Waals surface area contributed by atoms with Gasteiger partial charge in [-0.05, 0) is 127 Å². The van der Waals surface area contributed by atoms with Crippen LogP contribution in [0.4, 0.5) is 0 Å². The number of ether oxygens (including phenoxy) is 6. The van der Waals surface area contributed by atoms with Gasteiger partial charge in [-0.25, -0.2) is 4.79 Å². The molecular formula is C61H78O7. The zero-order valence-electron chi connectivity index (χ0n) is 41.5. The van der Waals surface area contributed by atoms with Crippen molar-refractivity contribution in [3.05, 3.63) is 155 Å². The Kier molecular flexibility index (Phi) is 16.0. The quantitative estimate of drug-likeness (QED) is 0.0685. The Labute approximate surface area is 407 Å². The Balaban J connectivity index is 0.978. The molecule has 1 heterocycles. The van der Waals surface area contributed by atoms with E-state index in [0.29, 0.717) is 30.1 Å². The summed E-state index contributed by atoms with van der Waals surface area (Å²) in [5.41, 5.74) is 5.70. The molecule has 364 valence electrons. The minimum atomic E-state index is -0.935. The number of hydrogen-bond acceptors (Lipinski definition) is 7. The molecule has 0 spiro atoms. The number of carbonyl (C=O) groups excluding carboxylic acids is 1. The van der Waals surface area contributed by atoms with Gasteiger partial charge in [0, 0.05) is 0 Å². The maximum atomic E-state index is 14.2. The number of allylic oxidation sites excluding steroid dienone is 1. The van der Waals surface area contributed by atoms with Crippen molar-refractivity contribution in [2.45, 2.75) is 162 Å². The van der Waals surface area contributed by atoms with Gasteiger partial charge >= 0.3 is 5.97 Å². The van der Waals surface area contributed by atoms with Crippen LogP contribution in [0.2, 0.25) is 0 Å². The van der Waals surface area contributed by atoms with Gasteiger partial charge in [0.2, 0.25) is 0 Å². The molecule has 0 aromatic heterocycles. The molecule has 4 aromatic rings. The van der Waals surface area contributed by atoms with Gasteiger partial charge in [-0.1, -0.05) is 175 Å². The summed E-state index contributed by atoms with van der Waals surface area (Å²) in [6.07, 6.45) is 12.2. The molecule has 4 aromatic carbocycles. The second-order valence-corrected chi connectivity index (χ2v) is 22.1. The lowest BCUT2D eigenvalue weighted by molar-refractivity contribution is -0.327. The minimum Gasteiger partial charge on any atom is -0.450 e. The van der Waals surface area contributed by atoms with E-state index in [4.69, 9.17) is 28.4 Å². The van der Waals surface area contributed by atoms with Crippen molar-refractivity contribution in [2.75, 3.05) is 6.61 Å². The van der Waals surface area contributed by atoms with Crippen LogP contribution in [0.15, 0.2) is 133 Å². The van der Waals surface area contributed by atoms with E-state index >= 15 is 0 Å². The Morgan fingerprint density at radius 2 is 1.29 bits per heavy atom. The molecule has 7 heteroatoms. The molecule has 7 unspecified atom stereocenters. The minimum absolute atomic E-state index is 0.118. The smallest absolute Gasteiger partial charge is 0.338 e. The van der Waals surface area contributed by atoms with Crippen molar-refractivity contribution in [3.63, 3.8) is 0 Å². The highest BCUT2D eigenvalue weighted by atomic mass is 16.7. The Bertz CT molecular complexity index is 2210. The fourth-order valence-corrected chi connectivity index (χ4v) is 13.8. The summed E-state index contributed by atoms with van der Waals surface area (Å²) in [7, 11) is 0. The van der Waals surface area contributed by atoms with Crippen LogP contribution < -0.4 is 0 Å². The molecule has 68 heavy (non-hydrogen) atoms. The fraction of sp³-hybridized carbons (Fsp3) is 0.557. The molecule has 0 radical (unpaired) electrons. The average Bonchev–Trinajstić information content (AvgIpc) is 3.72. The molecule has 9 rings (SSSR count). The van der Waals surface area contributed by atoms with Crippen LogP contribution in [0.1, 0.15) is 132 Å². The largest absolute Gasteiger partial charge is 0.450 e. The summed E-state index contributed by atoms with van der Waals surface area (Å²) in [6.45, 7) is 13.8. The van der Waals surface area contributed by atoms with E-state index in [1.54, 1.807) is 17.7 Å². The van der Waals surface area contributed by atoms with E-state index in [9.17, 15) is 4.79 Å². The lowest BCUT2D eigenvalue weighted by Crippen LogP contribution is -2.62. The molecule has 13 atom stereocenters. The summed E-state index contributed by atoms with van der Waals surface area (Å²) < 4.78 is 41.2. The van der Waals surface area contributed by atoms with Gasteiger partial charge in [0.25, 0.3) is 0 Å². The third-order valence-corrected chi connectivity index (χ3v) is 17.4. The summed E-state index contributed by atoms with van der Waals surface area (Å²) in [5, 5.41) is 0. The number of hydrogen-bond donors (Lipinski definition) is 0. The van der Waals surface area contributed by atoms with Gasteiger partial charge in [-0.15, -0.1) is 0 Å². The first-order valence-corrected chi connectivity index (χ1v) is 26.3. The normalized spacial score (nSPS) is 32.6. The summed E-state index contributed by atoms with van der Waals surface area (Å²) >= 11 is 0. The van der Waals surface area contributed by atoms with Crippen molar-refractivity contribution in [3.8, 4) is 0 Å². The first kappa shape index (κ1) is 48.9. The maximum absolute atomic E-state index is 14.2. The number of rotatable bonds is 19. The van der Waals surface area contributed by atoms with E-state index in [-0.39, 0.29) is 24.7 Å². The van der Waals surface area contributed by atoms with Crippen molar-refractivity contribution in [1.82, 2.24) is 0 Å². The topological polar surface area (TPSA) is 72.5 Å². The number of benzene rings is 4. The molecular weight excluding hydrogens is 845 g/mol. The summed E-state index contributed by atoms with van der Waals surface area (Å²) in [5.74, 6) is 4.25. The molecule has 0 N–H and O–H groups in total. The van der Waals surface area contributed by atoms with Crippen LogP contribution >= 0.6 is 0 Å². The Morgan fingerprint density at radius 1 is 0.676 bits per heavy atom. The Hall–Kier alpha value is -4.11. The molecule has 1 saturated heterocycles. The van der Waals surface area contributed by atoms with E-state index in [0.717, 1.165) is 65.5 Å². The monoisotopic (exact) mass is 923 g/mol. The van der Waals surface area contributed by atoms with Crippen molar-refractivity contribution < 1.29 is 33.2 Å². The average molecular weight is 923 g/mol. The van der Waals surface area contributed by atoms with Crippen LogP contribution in [-0.4, -0.2) is 49.4 Å². The summed E-state index contributed by atoms with van der Waals surface area (Å²) in [6, 6.07) is 39.6. The molecule has 7 nitrogen and oxygen atoms in total. The van der Waals surface area contributed by atoms with Crippen LogP contribution in [0.5, 0.6) is 0 Å². The molecule has 0 amide bonds. The van der Waals surface area contributed by atoms with Crippen molar-refractivity contribution in [2.24, 2.45) is 46.3 Å². The Morgan fingerprint density at radius 3 is 1.94 bits per heavy atom. The lowest BCUT2D eigenvalue weighted by Gasteiger charge is -2.58. The van der Waals surface area contributed by atoms with E-state index in [2.05, 4.69) is 65.0 Å². The van der Waals surface area contributed by atoms with Crippen LogP contribution in [0.25, 0.3) is 0 Å². The van der Waals surface area contributed by atoms with Crippen molar-refractivity contribution >= 4 is 5.97 Å². The third-order valence-electron chi connectivity index (χ3n) is 17.4. The standard InChI is InChI=1S/C61H78O7/c1-42(2)19-18-20-43(3)51-31-32-52-50-30-29-48-37-49(33-35-60(48,4)53(50)34-36-61(51,52)5)66-59-57(68-58(62)47-27-16-9-17-28-47)56(65-40-46-25-14-8-15-26-46)55(64-39-45-23-12-7-13-24-45)54(67-59)41-63-38-44-21-10-6-11-22-44/h6-17,21-29,42-43,49-57,59H,18-20,30-41H2,1-5H3/t43-,49+,50?,51?,52?,53?,54?,55-,56?,57?,59-,60+,61-/m1/s1. The van der Waals surface area contributed by atoms with Crippen molar-refractivity contribution in [1.29, 1.82) is 0 Å². The highest BCUT2D eigenvalue weighted by molar-refractivity contribution is 5.89. The number of carbonyl (C=O) groups is 1. The summed E-state index contributed by atoms with van der Waals surface area (Å²) in [4.78, 5) is 14.2. The second-order valence-electron chi connectivity index (χ2n) is 22.1. The highest BCUT2D eigenvalue weighted by Gasteiger charge is 2.60. The highest BCUT2D eigenvalue weighted by Crippen LogP contribution is 2.67. The van der Waals surface area contributed by atoms with Crippen LogP contribution in [0.3, 0.4) is 0 Å². The fourth-order valence-electron chi connectivity index (χ4n) is 13.8. The molecule has 3 saturated carbocycles. The van der Waals surface area contributed by atoms with Gasteiger partial charge in [0.1, 0.15) is 18.3 Å². The molecule has 4 aliphatic carbocycles. The van der Waals surface area contributed by atoms with Gasteiger partial charge in [-0.2, -0.15) is 0 Å². The van der Waals surface area contributed by atoms with E-state index in [1.807, 2.05) is 84.9 Å². The zero-order valence-corrected chi connectivity index (χ0v) is 41.5. The number of fused-ring (bicyclic) bond motifs is 5. The molecule has 1 aliphatic heterocycles. The van der Waals surface area contributed by atoms with E-state index in [1.165, 1.54) is 51.4 Å². The maximum Gasteiger partial charge on any atom is 0.338 e. The lowest BCUT2D eigenvalue weighted by atomic mass is 9.47. The van der Waals surface area contributed by atoms with Crippen LogP contribution in [0, 0.1) is 46.3 Å². The zero-order chi connectivity index (χ0) is 47.1. The SMILES string of the molecule is CC(C)CCC[C@@H](C)C1CCC2C3CC=C4C[C@@H](O[C@@H]5OC(COCc6ccccc6)[C@@H](OCc6ccccc6)C(OCc6ccccc6)C5OC(=O)c5ccccc5)CC[C@]4(C)C3CC[C@@]21C. The number of esters is 1. The first-order valence-electron chi connectivity index (χ1n) is 26.3. The van der Waals surface area contributed by atoms with Crippen LogP contribution in [-0.2, 0) is 48.2 Å². The third kappa shape index (κ3) is 11.1. The molecule has 5 aliphatic rings. The van der Waals surface area contributed by atoms with Gasteiger partial charge in [0.05, 0.1) is 38.1 Å². The first-order chi connectivity index (χ1) is 33.1. The molecule has 0 bridgehead atoms. The second kappa shape index (κ2) is 22.3. The predicted molar refractivity (Wildman–Crippen MR) is 268 cm³/mol. The van der Waals surface area contributed by atoms with E-state index < -0.39 is 36.7 Å². The van der Waals surface area contributed by atoms with Gasteiger partial charge < -0.3 is 28.4 Å². The molecule has 4 fully saturated rings. The van der Waals surface area contributed by atoms with Gasteiger partial charge in [-0.3, -0.25) is 0 Å². The van der Waals surface area contributed by atoms with Gasteiger partial charge in [0.15, 0.2) is 12.4 Å². The predicted octanol–water partition coefficient (Wildman–Crippen LogP) is 13.8.